The minimum absolute atomic E-state index is 0.106. The molecular formula is C27H19N5O9. The minimum Gasteiger partial charge on any atom is -0.457 e. The van der Waals surface area contributed by atoms with Crippen LogP contribution in [0.1, 0.15) is 40.4 Å². The Morgan fingerprint density at radius 2 is 1.88 bits per heavy atom. The van der Waals surface area contributed by atoms with Gasteiger partial charge in [0.15, 0.2) is 0 Å². The fraction of sp³-hybridized carbons (Fsp3) is 0.185. The molecule has 14 heteroatoms. The fourth-order valence-corrected chi connectivity index (χ4v) is 5.35. The van der Waals surface area contributed by atoms with Crippen molar-refractivity contribution in [2.24, 2.45) is 0 Å². The van der Waals surface area contributed by atoms with Gasteiger partial charge in [-0.05, 0) is 36.8 Å². The van der Waals surface area contributed by atoms with Gasteiger partial charge >= 0.3 is 23.3 Å². The van der Waals surface area contributed by atoms with Gasteiger partial charge in [0.25, 0.3) is 5.56 Å². The van der Waals surface area contributed by atoms with Gasteiger partial charge in [-0.2, -0.15) is 0 Å². The molecule has 2 aliphatic heterocycles. The predicted octanol–water partition coefficient (Wildman–Crippen LogP) is 3.34. The number of aromatic nitrogens is 2. The lowest BCUT2D eigenvalue weighted by Crippen LogP contribution is -2.47. The van der Waals surface area contributed by atoms with Gasteiger partial charge in [0.1, 0.15) is 6.61 Å². The quantitative estimate of drug-likeness (QED) is 0.144. The first kappa shape index (κ1) is 25.6. The Balaban J connectivity index is 1.48. The number of esters is 2. The highest BCUT2D eigenvalue weighted by Crippen LogP contribution is 2.42. The molecule has 2 aromatic heterocycles. The average Bonchev–Trinajstić information content (AvgIpc) is 3.31. The number of benzene rings is 2. The van der Waals surface area contributed by atoms with Crippen LogP contribution in [-0.4, -0.2) is 31.3 Å². The maximum absolute atomic E-state index is 13.7. The SMILES string of the molecule is CC[C@@]1(OC(=O)c2ccc([N+](=O)[O-])c([N+](=O)[O-])c2)C(=O)OCc2c1cc1n(c2=O)Cc2cc3c(N)cccc3nc2-1. The van der Waals surface area contributed by atoms with E-state index in [0.29, 0.717) is 28.7 Å². The molecule has 0 saturated carbocycles. The number of rotatable bonds is 5. The van der Waals surface area contributed by atoms with E-state index < -0.39 is 49.9 Å². The van der Waals surface area contributed by atoms with Crippen LogP contribution < -0.4 is 11.3 Å². The van der Waals surface area contributed by atoms with Crippen LogP contribution in [0.25, 0.3) is 22.3 Å². The Kier molecular flexibility index (Phi) is 5.58. The number of anilines is 1. The second-order valence-corrected chi connectivity index (χ2v) is 9.59. The van der Waals surface area contributed by atoms with Crippen molar-refractivity contribution in [3.8, 4) is 11.4 Å². The van der Waals surface area contributed by atoms with Crippen LogP contribution in [0.2, 0.25) is 0 Å². The van der Waals surface area contributed by atoms with Crippen LogP contribution in [0.5, 0.6) is 0 Å². The first-order valence-corrected chi connectivity index (χ1v) is 12.3. The highest BCUT2D eigenvalue weighted by Gasteiger charge is 2.50. The molecule has 2 N–H and O–H groups in total. The lowest BCUT2D eigenvalue weighted by atomic mass is 9.85. The third-order valence-electron chi connectivity index (χ3n) is 7.42. The van der Waals surface area contributed by atoms with Crippen LogP contribution in [0.3, 0.4) is 0 Å². The van der Waals surface area contributed by atoms with Crippen molar-refractivity contribution >= 4 is 39.9 Å². The zero-order valence-corrected chi connectivity index (χ0v) is 21.3. The van der Waals surface area contributed by atoms with Gasteiger partial charge in [0.05, 0.1) is 44.4 Å². The molecule has 1 atom stereocenters. The number of fused-ring (bicyclic) bond motifs is 5. The van der Waals surface area contributed by atoms with Gasteiger partial charge in [0, 0.05) is 34.3 Å². The normalized spacial score (nSPS) is 16.9. The molecule has 2 aromatic carbocycles. The predicted molar refractivity (Wildman–Crippen MR) is 142 cm³/mol. The molecule has 0 radical (unpaired) electrons. The van der Waals surface area contributed by atoms with Gasteiger partial charge in [-0.25, -0.2) is 14.6 Å². The molecule has 41 heavy (non-hydrogen) atoms. The first-order chi connectivity index (χ1) is 19.6. The highest BCUT2D eigenvalue weighted by atomic mass is 16.6. The van der Waals surface area contributed by atoms with Gasteiger partial charge < -0.3 is 19.8 Å². The molecular weight excluding hydrogens is 538 g/mol. The number of carbonyl (C=O) groups excluding carboxylic acids is 2. The summed E-state index contributed by atoms with van der Waals surface area (Å²) in [6, 6.07) is 11.2. The molecule has 206 valence electrons. The summed E-state index contributed by atoms with van der Waals surface area (Å²) in [4.78, 5) is 65.5. The Bertz CT molecular complexity index is 1930. The lowest BCUT2D eigenvalue weighted by molar-refractivity contribution is -0.422. The highest BCUT2D eigenvalue weighted by molar-refractivity contribution is 5.95. The molecule has 0 spiro atoms. The second kappa shape index (κ2) is 8.94. The van der Waals surface area contributed by atoms with Crippen molar-refractivity contribution in [1.29, 1.82) is 0 Å². The Hall–Kier alpha value is -5.66. The molecule has 0 bridgehead atoms. The summed E-state index contributed by atoms with van der Waals surface area (Å²) in [6.07, 6.45) is -0.142. The van der Waals surface area contributed by atoms with E-state index in [0.717, 1.165) is 23.1 Å². The molecule has 0 saturated heterocycles. The van der Waals surface area contributed by atoms with Crippen molar-refractivity contribution < 1.29 is 28.9 Å². The van der Waals surface area contributed by atoms with E-state index in [-0.39, 0.29) is 30.7 Å². The summed E-state index contributed by atoms with van der Waals surface area (Å²) in [7, 11) is 0. The van der Waals surface area contributed by atoms with E-state index in [1.54, 1.807) is 31.2 Å². The number of nitrogen functional groups attached to an aromatic ring is 1. The largest absolute Gasteiger partial charge is 0.457 e. The Morgan fingerprint density at radius 3 is 2.59 bits per heavy atom. The average molecular weight is 557 g/mol. The van der Waals surface area contributed by atoms with Gasteiger partial charge in [-0.1, -0.05) is 13.0 Å². The molecule has 4 aromatic rings. The molecule has 0 aliphatic carbocycles. The van der Waals surface area contributed by atoms with Crippen molar-refractivity contribution in [1.82, 2.24) is 9.55 Å². The Labute approximate surface area is 229 Å². The van der Waals surface area contributed by atoms with Crippen LogP contribution in [0.15, 0.2) is 53.3 Å². The van der Waals surface area contributed by atoms with Gasteiger partial charge in [-0.3, -0.25) is 25.0 Å². The van der Waals surface area contributed by atoms with Gasteiger partial charge in [-0.15, -0.1) is 0 Å². The number of hydrogen-bond donors (Lipinski definition) is 1. The number of carbonyl (C=O) groups is 2. The van der Waals surface area contributed by atoms with Crippen LogP contribution >= 0.6 is 0 Å². The molecule has 2 aliphatic rings. The number of pyridine rings is 2. The van der Waals surface area contributed by atoms with Crippen molar-refractivity contribution in [3.05, 3.63) is 101 Å². The summed E-state index contributed by atoms with van der Waals surface area (Å²) >= 11 is 0. The Morgan fingerprint density at radius 1 is 1.12 bits per heavy atom. The van der Waals surface area contributed by atoms with Crippen LogP contribution in [0.4, 0.5) is 17.1 Å². The van der Waals surface area contributed by atoms with Crippen molar-refractivity contribution in [3.63, 3.8) is 0 Å². The number of hydrogen-bond acceptors (Lipinski definition) is 11. The standard InChI is InChI=1S/C27H19N5O9/c1-2-27(41-25(34)13-6-7-20(31(36)37)21(9-13)32(38)39)17-10-22-23-14(8-15-18(28)4-3-5-19(15)29-23)11-30(22)24(33)16(17)12-40-26(27)35/h3-10H,2,11-12,28H2,1H3/t27-/m0/s1. The topological polar surface area (TPSA) is 200 Å². The fourth-order valence-electron chi connectivity index (χ4n) is 5.35. The third-order valence-corrected chi connectivity index (χ3v) is 7.42. The maximum Gasteiger partial charge on any atom is 0.355 e. The smallest absolute Gasteiger partial charge is 0.355 e. The summed E-state index contributed by atoms with van der Waals surface area (Å²) in [5.41, 5.74) is 4.45. The van der Waals surface area contributed by atoms with Crippen LogP contribution in [0, 0.1) is 20.2 Å². The van der Waals surface area contributed by atoms with E-state index in [2.05, 4.69) is 0 Å². The third kappa shape index (κ3) is 3.71. The van der Waals surface area contributed by atoms with E-state index >= 15 is 0 Å². The number of nitrogens with two attached hydrogens (primary N) is 1. The van der Waals surface area contributed by atoms with Crippen molar-refractivity contribution in [2.45, 2.75) is 32.1 Å². The summed E-state index contributed by atoms with van der Waals surface area (Å²) in [6.45, 7) is 1.40. The summed E-state index contributed by atoms with van der Waals surface area (Å²) < 4.78 is 12.5. The molecule has 14 nitrogen and oxygen atoms in total. The maximum atomic E-state index is 13.7. The first-order valence-electron chi connectivity index (χ1n) is 12.3. The lowest BCUT2D eigenvalue weighted by Gasteiger charge is -2.35. The van der Waals surface area contributed by atoms with E-state index in [1.165, 1.54) is 4.57 Å². The summed E-state index contributed by atoms with van der Waals surface area (Å²) in [5.74, 6) is -2.10. The molecule has 6 rings (SSSR count). The summed E-state index contributed by atoms with van der Waals surface area (Å²) in [5, 5.41) is 23.3. The van der Waals surface area contributed by atoms with Gasteiger partial charge in [0.2, 0.25) is 5.60 Å². The second-order valence-electron chi connectivity index (χ2n) is 9.59. The number of nitrogens with zero attached hydrogens (tertiary/aromatic N) is 4. The van der Waals surface area contributed by atoms with Crippen molar-refractivity contribution in [2.75, 3.05) is 5.73 Å². The zero-order valence-electron chi connectivity index (χ0n) is 21.3. The van der Waals surface area contributed by atoms with E-state index in [1.807, 2.05) is 6.07 Å². The molecule has 0 amide bonds. The molecule has 4 heterocycles. The van der Waals surface area contributed by atoms with Crippen LogP contribution in [-0.2, 0) is 33.0 Å². The number of ether oxygens (including phenoxy) is 2. The number of nitro benzene ring substituents is 2. The molecule has 0 unspecified atom stereocenters. The molecule has 0 fully saturated rings. The van der Waals surface area contributed by atoms with E-state index in [4.69, 9.17) is 20.2 Å². The monoisotopic (exact) mass is 557 g/mol. The minimum atomic E-state index is -2.07. The number of cyclic esters (lactones) is 1. The zero-order chi connectivity index (χ0) is 29.2. The number of nitro groups is 2. The van der Waals surface area contributed by atoms with E-state index in [9.17, 15) is 34.6 Å².